The first-order valence-corrected chi connectivity index (χ1v) is 7.65. The summed E-state index contributed by atoms with van der Waals surface area (Å²) in [6.45, 7) is 4.42. The van der Waals surface area contributed by atoms with Gasteiger partial charge in [0.1, 0.15) is 0 Å². The van der Waals surface area contributed by atoms with E-state index in [2.05, 4.69) is 6.92 Å². The molecule has 1 aliphatic rings. The van der Waals surface area contributed by atoms with Crippen LogP contribution in [0.25, 0.3) is 0 Å². The van der Waals surface area contributed by atoms with Crippen molar-refractivity contribution in [2.24, 2.45) is 5.92 Å². The molecule has 0 aliphatic carbocycles. The zero-order valence-corrected chi connectivity index (χ0v) is 12.7. The number of hydrogen-bond donors (Lipinski definition) is 1. The Bertz CT molecular complexity index is 509. The summed E-state index contributed by atoms with van der Waals surface area (Å²) in [4.78, 5) is 25.4. The highest BCUT2D eigenvalue weighted by atomic mass is 16.4. The third kappa shape index (κ3) is 3.63. The third-order valence-electron chi connectivity index (χ3n) is 4.23. The lowest BCUT2D eigenvalue weighted by atomic mass is 9.93. The fourth-order valence-corrected chi connectivity index (χ4v) is 2.86. The number of piperidine rings is 1. The van der Waals surface area contributed by atoms with Crippen LogP contribution in [0.2, 0.25) is 0 Å². The molecule has 1 aromatic carbocycles. The number of benzene rings is 1. The predicted molar refractivity (Wildman–Crippen MR) is 81.3 cm³/mol. The number of nitrogens with zero attached hydrogens (tertiary/aromatic N) is 1. The van der Waals surface area contributed by atoms with Crippen molar-refractivity contribution in [3.63, 3.8) is 0 Å². The number of hydrogen-bond acceptors (Lipinski definition) is 2. The van der Waals surface area contributed by atoms with Gasteiger partial charge in [-0.2, -0.15) is 0 Å². The molecule has 1 aromatic rings. The van der Waals surface area contributed by atoms with Crippen molar-refractivity contribution in [3.05, 3.63) is 35.4 Å². The molecule has 2 unspecified atom stereocenters. The average Bonchev–Trinajstić information content (AvgIpc) is 2.48. The normalized spacial score (nSPS) is 22.1. The van der Waals surface area contributed by atoms with Gasteiger partial charge in [0.05, 0.1) is 5.92 Å². The van der Waals surface area contributed by atoms with Crippen LogP contribution in [0, 0.1) is 5.92 Å². The van der Waals surface area contributed by atoms with Gasteiger partial charge in [0.2, 0.25) is 0 Å². The first-order valence-electron chi connectivity index (χ1n) is 7.65. The second-order valence-corrected chi connectivity index (χ2v) is 5.87. The number of carboxylic acids is 1. The van der Waals surface area contributed by atoms with Crippen molar-refractivity contribution >= 4 is 11.9 Å². The van der Waals surface area contributed by atoms with E-state index < -0.39 is 11.9 Å². The van der Waals surface area contributed by atoms with Gasteiger partial charge in [0.15, 0.2) is 0 Å². The van der Waals surface area contributed by atoms with Crippen molar-refractivity contribution < 1.29 is 14.7 Å². The van der Waals surface area contributed by atoms with Crippen LogP contribution in [0.15, 0.2) is 24.3 Å². The molecule has 4 nitrogen and oxygen atoms in total. The van der Waals surface area contributed by atoms with Crippen molar-refractivity contribution in [1.29, 1.82) is 0 Å². The molecule has 0 saturated carbocycles. The van der Waals surface area contributed by atoms with Gasteiger partial charge in [-0.1, -0.05) is 25.5 Å². The van der Waals surface area contributed by atoms with E-state index >= 15 is 0 Å². The molecular formula is C17H23NO3. The second kappa shape index (κ2) is 6.74. The summed E-state index contributed by atoms with van der Waals surface area (Å²) in [5.41, 5.74) is 1.87. The van der Waals surface area contributed by atoms with Crippen molar-refractivity contribution in [1.82, 2.24) is 4.90 Å². The van der Waals surface area contributed by atoms with Gasteiger partial charge in [-0.15, -0.1) is 0 Å². The standard InChI is InChI=1S/C17H23NO3/c1-3-4-13-6-9-14(10-7-13)16(19)18-11-15(17(20)21)8-5-12(18)2/h6-7,9-10,12,15H,3-5,8,11H2,1-2H3,(H,20,21). The minimum atomic E-state index is -0.807. The van der Waals surface area contributed by atoms with Gasteiger partial charge in [-0.05, 0) is 43.9 Å². The Balaban J connectivity index is 2.11. The Kier molecular flexibility index (Phi) is 4.99. The highest BCUT2D eigenvalue weighted by molar-refractivity contribution is 5.94. The maximum absolute atomic E-state index is 12.6. The summed E-state index contributed by atoms with van der Waals surface area (Å²) in [6, 6.07) is 7.78. The van der Waals surface area contributed by atoms with Crippen LogP contribution in [0.3, 0.4) is 0 Å². The van der Waals surface area contributed by atoms with Crippen molar-refractivity contribution in [2.45, 2.75) is 45.6 Å². The number of carbonyl (C=O) groups excluding carboxylic acids is 1. The van der Waals surface area contributed by atoms with Crippen LogP contribution >= 0.6 is 0 Å². The van der Waals surface area contributed by atoms with Crippen LogP contribution in [0.1, 0.15) is 49.0 Å². The number of carboxylic acid groups (broad SMARTS) is 1. The topological polar surface area (TPSA) is 57.6 Å². The Labute approximate surface area is 125 Å². The fourth-order valence-electron chi connectivity index (χ4n) is 2.86. The van der Waals surface area contributed by atoms with Gasteiger partial charge in [-0.25, -0.2) is 0 Å². The van der Waals surface area contributed by atoms with Gasteiger partial charge < -0.3 is 10.0 Å². The third-order valence-corrected chi connectivity index (χ3v) is 4.23. The maximum Gasteiger partial charge on any atom is 0.308 e. The monoisotopic (exact) mass is 289 g/mol. The minimum absolute atomic E-state index is 0.0588. The van der Waals surface area contributed by atoms with Crippen LogP contribution in [0.5, 0.6) is 0 Å². The molecule has 1 aliphatic heterocycles. The van der Waals surface area contributed by atoms with E-state index in [1.54, 1.807) is 4.90 Å². The fraction of sp³-hybridized carbons (Fsp3) is 0.529. The molecule has 1 N–H and O–H groups in total. The number of carbonyl (C=O) groups is 2. The SMILES string of the molecule is CCCc1ccc(C(=O)N2CC(C(=O)O)CCC2C)cc1. The van der Waals surface area contributed by atoms with Crippen LogP contribution < -0.4 is 0 Å². The largest absolute Gasteiger partial charge is 0.481 e. The lowest BCUT2D eigenvalue weighted by Gasteiger charge is -2.36. The molecular weight excluding hydrogens is 266 g/mol. The molecule has 1 saturated heterocycles. The highest BCUT2D eigenvalue weighted by Gasteiger charge is 2.32. The van der Waals surface area contributed by atoms with Gasteiger partial charge >= 0.3 is 5.97 Å². The molecule has 1 fully saturated rings. The van der Waals surface area contributed by atoms with Crippen LogP contribution in [-0.4, -0.2) is 34.5 Å². The van der Waals surface area contributed by atoms with E-state index in [9.17, 15) is 9.59 Å². The molecule has 21 heavy (non-hydrogen) atoms. The highest BCUT2D eigenvalue weighted by Crippen LogP contribution is 2.24. The summed E-state index contributed by atoms with van der Waals surface area (Å²) in [5.74, 6) is -1.31. The first-order chi connectivity index (χ1) is 10.0. The van der Waals surface area contributed by atoms with Gasteiger partial charge in [-0.3, -0.25) is 9.59 Å². The molecule has 4 heteroatoms. The Morgan fingerprint density at radius 2 is 1.90 bits per heavy atom. The summed E-state index contributed by atoms with van der Waals surface area (Å²) in [6.07, 6.45) is 3.48. The number of amides is 1. The molecule has 2 atom stereocenters. The van der Waals surface area contributed by atoms with Gasteiger partial charge in [0, 0.05) is 18.2 Å². The molecule has 2 rings (SSSR count). The van der Waals surface area contributed by atoms with E-state index in [1.807, 2.05) is 31.2 Å². The smallest absolute Gasteiger partial charge is 0.308 e. The summed E-state index contributed by atoms with van der Waals surface area (Å²) < 4.78 is 0. The zero-order chi connectivity index (χ0) is 15.4. The molecule has 1 heterocycles. The molecule has 0 spiro atoms. The molecule has 0 aromatic heterocycles. The number of aliphatic carboxylic acids is 1. The quantitative estimate of drug-likeness (QED) is 0.927. The minimum Gasteiger partial charge on any atom is -0.481 e. The van der Waals surface area contributed by atoms with E-state index in [0.29, 0.717) is 18.5 Å². The number of likely N-dealkylation sites (tertiary alicyclic amines) is 1. The van der Waals surface area contributed by atoms with E-state index in [0.717, 1.165) is 19.3 Å². The maximum atomic E-state index is 12.6. The molecule has 1 amide bonds. The van der Waals surface area contributed by atoms with E-state index in [-0.39, 0.29) is 11.9 Å². The van der Waals surface area contributed by atoms with E-state index in [1.165, 1.54) is 5.56 Å². The number of aryl methyl sites for hydroxylation is 1. The summed E-state index contributed by atoms with van der Waals surface area (Å²) >= 11 is 0. The summed E-state index contributed by atoms with van der Waals surface area (Å²) in [7, 11) is 0. The Morgan fingerprint density at radius 3 is 2.48 bits per heavy atom. The zero-order valence-electron chi connectivity index (χ0n) is 12.7. The Hall–Kier alpha value is -1.84. The second-order valence-electron chi connectivity index (χ2n) is 5.87. The predicted octanol–water partition coefficient (Wildman–Crippen LogP) is 2.96. The number of rotatable bonds is 4. The van der Waals surface area contributed by atoms with Gasteiger partial charge in [0.25, 0.3) is 5.91 Å². The first kappa shape index (κ1) is 15.5. The summed E-state index contributed by atoms with van der Waals surface area (Å²) in [5, 5.41) is 9.15. The van der Waals surface area contributed by atoms with Crippen LogP contribution in [0.4, 0.5) is 0 Å². The Morgan fingerprint density at radius 1 is 1.24 bits per heavy atom. The lowest BCUT2D eigenvalue weighted by molar-refractivity contribution is -0.143. The van der Waals surface area contributed by atoms with Crippen LogP contribution in [-0.2, 0) is 11.2 Å². The lowest BCUT2D eigenvalue weighted by Crippen LogP contribution is -2.47. The van der Waals surface area contributed by atoms with Crippen molar-refractivity contribution in [2.75, 3.05) is 6.54 Å². The molecule has 0 radical (unpaired) electrons. The van der Waals surface area contributed by atoms with E-state index in [4.69, 9.17) is 5.11 Å². The molecule has 0 bridgehead atoms. The molecule has 114 valence electrons. The van der Waals surface area contributed by atoms with Crippen molar-refractivity contribution in [3.8, 4) is 0 Å². The average molecular weight is 289 g/mol.